The van der Waals surface area contributed by atoms with E-state index in [9.17, 15) is 4.79 Å². The second-order valence-corrected chi connectivity index (χ2v) is 6.28. The van der Waals surface area contributed by atoms with Gasteiger partial charge in [0.25, 0.3) is 6.47 Å². The van der Waals surface area contributed by atoms with Gasteiger partial charge in [-0.15, -0.1) is 0 Å². The van der Waals surface area contributed by atoms with Gasteiger partial charge in [-0.05, 0) is 12.1 Å². The first-order chi connectivity index (χ1) is 12.5. The first-order valence-corrected chi connectivity index (χ1v) is 8.40. The number of benzene rings is 1. The van der Waals surface area contributed by atoms with Crippen molar-refractivity contribution in [2.75, 3.05) is 47.6 Å². The maximum atomic E-state index is 12.4. The van der Waals surface area contributed by atoms with Gasteiger partial charge in [-0.3, -0.25) is 14.5 Å². The Bertz CT molecular complexity index is 601. The number of likely N-dealkylation sites (N-methyl/N-ethyl adjacent to an activating group) is 1. The van der Waals surface area contributed by atoms with E-state index in [0.717, 1.165) is 23.6 Å². The lowest BCUT2D eigenvalue weighted by atomic mass is 10.1. The Morgan fingerprint density at radius 2 is 1.85 bits per heavy atom. The van der Waals surface area contributed by atoms with Gasteiger partial charge in [-0.2, -0.15) is 0 Å². The van der Waals surface area contributed by atoms with E-state index >= 15 is 0 Å². The van der Waals surface area contributed by atoms with Crippen molar-refractivity contribution >= 4 is 12.4 Å². The van der Waals surface area contributed by atoms with Crippen LogP contribution in [-0.4, -0.2) is 80.9 Å². The molecule has 2 saturated heterocycles. The Kier molecular flexibility index (Phi) is 7.23. The van der Waals surface area contributed by atoms with E-state index in [1.807, 2.05) is 30.1 Å². The minimum absolute atomic E-state index is 0.0932. The maximum absolute atomic E-state index is 12.4. The summed E-state index contributed by atoms with van der Waals surface area (Å²) in [7, 11) is 5.21. The number of carboxylic acid groups (broad SMARTS) is 1. The summed E-state index contributed by atoms with van der Waals surface area (Å²) >= 11 is 0. The first-order valence-electron chi connectivity index (χ1n) is 8.40. The predicted octanol–water partition coefficient (Wildman–Crippen LogP) is 0.694. The maximum Gasteiger partial charge on any atom is 0.290 e. The zero-order chi connectivity index (χ0) is 19.1. The fraction of sp³-hybridized carbons (Fsp3) is 0.556. The molecule has 2 fully saturated rings. The first kappa shape index (κ1) is 20.0. The van der Waals surface area contributed by atoms with Crippen LogP contribution in [-0.2, 0) is 20.9 Å². The summed E-state index contributed by atoms with van der Waals surface area (Å²) in [5, 5.41) is 6.89. The molecule has 0 saturated carbocycles. The van der Waals surface area contributed by atoms with E-state index in [1.54, 1.807) is 14.2 Å². The van der Waals surface area contributed by atoms with Gasteiger partial charge in [0, 0.05) is 26.7 Å². The van der Waals surface area contributed by atoms with Crippen LogP contribution in [0.15, 0.2) is 18.2 Å². The number of carbonyl (C=O) groups excluding carboxylic acids is 1. The number of rotatable bonds is 4. The smallest absolute Gasteiger partial charge is 0.290 e. The number of methoxy groups -OCH3 is 2. The average molecular weight is 366 g/mol. The summed E-state index contributed by atoms with van der Waals surface area (Å²) in [5.74, 6) is 1.71. The molecule has 2 aliphatic heterocycles. The van der Waals surface area contributed by atoms with Gasteiger partial charge in [-0.25, -0.2) is 0 Å². The zero-order valence-electron chi connectivity index (χ0n) is 15.4. The predicted molar refractivity (Wildman–Crippen MR) is 94.4 cm³/mol. The fourth-order valence-corrected chi connectivity index (χ4v) is 3.42. The molecule has 8 nitrogen and oxygen atoms in total. The normalized spacial score (nSPS) is 22.7. The summed E-state index contributed by atoms with van der Waals surface area (Å²) in [6, 6.07) is 5.90. The largest absolute Gasteiger partial charge is 0.496 e. The minimum Gasteiger partial charge on any atom is -0.496 e. The van der Waals surface area contributed by atoms with Crippen LogP contribution in [0.2, 0.25) is 0 Å². The van der Waals surface area contributed by atoms with E-state index in [0.29, 0.717) is 26.3 Å². The molecule has 2 heterocycles. The molecule has 0 unspecified atom stereocenters. The molecular weight excluding hydrogens is 340 g/mol. The molecule has 2 aliphatic rings. The number of hydrogen-bond donors (Lipinski definition) is 1. The quantitative estimate of drug-likeness (QED) is 0.785. The van der Waals surface area contributed by atoms with E-state index < -0.39 is 0 Å². The topological polar surface area (TPSA) is 88.5 Å². The van der Waals surface area contributed by atoms with Crippen molar-refractivity contribution in [1.29, 1.82) is 0 Å². The van der Waals surface area contributed by atoms with E-state index in [-0.39, 0.29) is 24.3 Å². The van der Waals surface area contributed by atoms with Gasteiger partial charge in [0.05, 0.1) is 45.0 Å². The lowest BCUT2D eigenvalue weighted by Crippen LogP contribution is -2.42. The Morgan fingerprint density at radius 1 is 1.23 bits per heavy atom. The minimum atomic E-state index is -0.250. The standard InChI is InChI=1S/C17H24N2O4.CH2O2/c1-18-13-8-19(7-12(17(18)20)10-23-11-13)9-14-15(21-2)5-4-6-16(14)22-3;2-1-3/h4-6,12-13H,7-11H2,1-3H3;1H,(H,2,3)/t12-,13+;/m1./s1. The summed E-state index contributed by atoms with van der Waals surface area (Å²) in [4.78, 5) is 25.0. The highest BCUT2D eigenvalue weighted by molar-refractivity contribution is 5.80. The number of amides is 1. The van der Waals surface area contributed by atoms with Crippen LogP contribution in [0.25, 0.3) is 0 Å². The molecule has 2 atom stereocenters. The molecule has 144 valence electrons. The highest BCUT2D eigenvalue weighted by Crippen LogP contribution is 2.31. The van der Waals surface area contributed by atoms with Crippen molar-refractivity contribution in [3.8, 4) is 11.5 Å². The van der Waals surface area contributed by atoms with Crippen molar-refractivity contribution in [3.63, 3.8) is 0 Å². The van der Waals surface area contributed by atoms with Gasteiger partial charge in [0.15, 0.2) is 0 Å². The zero-order valence-corrected chi connectivity index (χ0v) is 15.4. The van der Waals surface area contributed by atoms with Crippen LogP contribution in [0.3, 0.4) is 0 Å². The molecule has 2 bridgehead atoms. The number of carbonyl (C=O) groups is 2. The van der Waals surface area contributed by atoms with Crippen molar-refractivity contribution in [3.05, 3.63) is 23.8 Å². The molecule has 0 aromatic heterocycles. The third-order valence-electron chi connectivity index (χ3n) is 4.73. The molecule has 8 heteroatoms. The summed E-state index contributed by atoms with van der Waals surface area (Å²) < 4.78 is 16.6. The third kappa shape index (κ3) is 4.44. The number of ether oxygens (including phenoxy) is 3. The molecule has 1 aromatic carbocycles. The molecule has 0 aliphatic carbocycles. The number of fused-ring (bicyclic) bond motifs is 3. The van der Waals surface area contributed by atoms with Gasteiger partial charge in [-0.1, -0.05) is 6.07 Å². The van der Waals surface area contributed by atoms with Crippen molar-refractivity contribution in [2.24, 2.45) is 5.92 Å². The molecule has 0 radical (unpaired) electrons. The van der Waals surface area contributed by atoms with Crippen molar-refractivity contribution < 1.29 is 28.9 Å². The second kappa shape index (κ2) is 9.40. The third-order valence-corrected chi connectivity index (χ3v) is 4.73. The average Bonchev–Trinajstić information content (AvgIpc) is 2.81. The Balaban J connectivity index is 0.000000758. The molecule has 1 aromatic rings. The van der Waals surface area contributed by atoms with Crippen LogP contribution in [0, 0.1) is 5.92 Å². The SMILES string of the molecule is COc1cccc(OC)c1CN1C[C@@H]2COC[C@H](C1)N(C)C2=O.O=CO. The highest BCUT2D eigenvalue weighted by Gasteiger charge is 2.37. The van der Waals surface area contributed by atoms with Gasteiger partial charge in [0.1, 0.15) is 11.5 Å². The number of hydrogen-bond acceptors (Lipinski definition) is 6. The lowest BCUT2D eigenvalue weighted by molar-refractivity contribution is -0.134. The van der Waals surface area contributed by atoms with Gasteiger partial charge in [0.2, 0.25) is 5.91 Å². The molecule has 0 spiro atoms. The summed E-state index contributed by atoms with van der Waals surface area (Å²) in [6.45, 7) is 3.03. The summed E-state index contributed by atoms with van der Waals surface area (Å²) in [5.41, 5.74) is 1.02. The molecule has 3 rings (SSSR count). The van der Waals surface area contributed by atoms with Crippen LogP contribution in [0.1, 0.15) is 5.56 Å². The highest BCUT2D eigenvalue weighted by atomic mass is 16.5. The van der Waals surface area contributed by atoms with Crippen molar-refractivity contribution in [1.82, 2.24) is 9.80 Å². The van der Waals surface area contributed by atoms with Crippen LogP contribution in [0.5, 0.6) is 11.5 Å². The van der Waals surface area contributed by atoms with E-state index in [1.165, 1.54) is 0 Å². The van der Waals surface area contributed by atoms with Gasteiger partial charge >= 0.3 is 0 Å². The Morgan fingerprint density at radius 3 is 2.42 bits per heavy atom. The fourth-order valence-electron chi connectivity index (χ4n) is 3.42. The molecule has 1 N–H and O–H groups in total. The summed E-state index contributed by atoms with van der Waals surface area (Å²) in [6.07, 6.45) is 0. The molecule has 1 amide bonds. The number of nitrogens with zero attached hydrogens (tertiary/aromatic N) is 2. The second-order valence-electron chi connectivity index (χ2n) is 6.28. The molecular formula is C18H26N2O6. The van der Waals surface area contributed by atoms with Gasteiger partial charge < -0.3 is 24.2 Å². The Hall–Kier alpha value is -2.32. The van der Waals surface area contributed by atoms with Crippen LogP contribution < -0.4 is 9.47 Å². The van der Waals surface area contributed by atoms with Crippen molar-refractivity contribution in [2.45, 2.75) is 12.6 Å². The van der Waals surface area contributed by atoms with Crippen LogP contribution >= 0.6 is 0 Å². The Labute approximate surface area is 153 Å². The van der Waals surface area contributed by atoms with E-state index in [4.69, 9.17) is 24.1 Å². The monoisotopic (exact) mass is 366 g/mol. The van der Waals surface area contributed by atoms with E-state index in [2.05, 4.69) is 4.90 Å². The lowest BCUT2D eigenvalue weighted by Gasteiger charge is -2.30. The molecule has 26 heavy (non-hydrogen) atoms. The van der Waals surface area contributed by atoms with Crippen LogP contribution in [0.4, 0.5) is 0 Å².